The SMILES string of the molecule is O=C(O)C1C=NC(c2ccccc2Cl)=C(Cl)C1=O. The van der Waals surface area contributed by atoms with Gasteiger partial charge in [0.1, 0.15) is 5.03 Å². The maximum absolute atomic E-state index is 11.8. The summed E-state index contributed by atoms with van der Waals surface area (Å²) in [6.07, 6.45) is 1.06. The molecule has 0 saturated carbocycles. The van der Waals surface area contributed by atoms with Crippen LogP contribution < -0.4 is 0 Å². The molecule has 0 radical (unpaired) electrons. The quantitative estimate of drug-likeness (QED) is 0.849. The zero-order valence-corrected chi connectivity index (χ0v) is 10.4. The molecular formula is C12H7Cl2NO3. The lowest BCUT2D eigenvalue weighted by Gasteiger charge is -2.14. The summed E-state index contributed by atoms with van der Waals surface area (Å²) in [5.41, 5.74) is 0.697. The molecule has 1 aliphatic heterocycles. The molecule has 0 aliphatic carbocycles. The highest BCUT2D eigenvalue weighted by atomic mass is 35.5. The van der Waals surface area contributed by atoms with Gasteiger partial charge in [0.25, 0.3) is 0 Å². The third-order valence-corrected chi connectivity index (χ3v) is 3.15. The second-order valence-electron chi connectivity index (χ2n) is 3.60. The number of carboxylic acids is 1. The van der Waals surface area contributed by atoms with Crippen molar-refractivity contribution in [3.05, 3.63) is 39.9 Å². The van der Waals surface area contributed by atoms with Gasteiger partial charge < -0.3 is 5.11 Å². The maximum Gasteiger partial charge on any atom is 0.319 e. The van der Waals surface area contributed by atoms with Crippen molar-refractivity contribution in [2.45, 2.75) is 0 Å². The number of halogens is 2. The molecule has 1 atom stereocenters. The average Bonchev–Trinajstić information content (AvgIpc) is 2.33. The summed E-state index contributed by atoms with van der Waals surface area (Å²) in [4.78, 5) is 26.5. The Bertz CT molecular complexity index is 593. The van der Waals surface area contributed by atoms with E-state index in [1.54, 1.807) is 24.3 Å². The number of Topliss-reactive ketones (excluding diaryl/α,β-unsaturated/α-hetero) is 1. The highest BCUT2D eigenvalue weighted by molar-refractivity contribution is 6.49. The van der Waals surface area contributed by atoms with Gasteiger partial charge in [-0.05, 0) is 6.07 Å². The van der Waals surface area contributed by atoms with E-state index in [0.717, 1.165) is 6.21 Å². The minimum absolute atomic E-state index is 0.199. The van der Waals surface area contributed by atoms with E-state index in [2.05, 4.69) is 4.99 Å². The Kier molecular flexibility index (Phi) is 3.50. The largest absolute Gasteiger partial charge is 0.480 e. The van der Waals surface area contributed by atoms with Crippen molar-refractivity contribution in [1.29, 1.82) is 0 Å². The van der Waals surface area contributed by atoms with Gasteiger partial charge in [0.05, 0.1) is 10.7 Å². The predicted octanol–water partition coefficient (Wildman–Crippen LogP) is 2.60. The first-order valence-electron chi connectivity index (χ1n) is 4.98. The summed E-state index contributed by atoms with van der Waals surface area (Å²) in [5, 5.41) is 9.00. The number of nitrogens with zero attached hydrogens (tertiary/aromatic N) is 1. The number of carbonyl (C=O) groups excluding carboxylic acids is 1. The maximum atomic E-state index is 11.8. The molecule has 1 aromatic carbocycles. The number of ketones is 1. The summed E-state index contributed by atoms with van der Waals surface area (Å²) >= 11 is 11.8. The van der Waals surface area contributed by atoms with Gasteiger partial charge in [0.2, 0.25) is 0 Å². The van der Waals surface area contributed by atoms with Crippen molar-refractivity contribution in [2.24, 2.45) is 10.9 Å². The summed E-state index contributed by atoms with van der Waals surface area (Å²) < 4.78 is 0. The lowest BCUT2D eigenvalue weighted by Crippen LogP contribution is -2.28. The Labute approximate surface area is 113 Å². The molecule has 1 aliphatic rings. The molecule has 92 valence electrons. The monoisotopic (exact) mass is 283 g/mol. The normalized spacial score (nSPS) is 19.2. The molecule has 0 spiro atoms. The highest BCUT2D eigenvalue weighted by Crippen LogP contribution is 2.32. The molecule has 0 fully saturated rings. The molecule has 2 rings (SSSR count). The van der Waals surface area contributed by atoms with E-state index in [0.29, 0.717) is 10.6 Å². The van der Waals surface area contributed by atoms with Gasteiger partial charge in [0.15, 0.2) is 11.7 Å². The van der Waals surface area contributed by atoms with Gasteiger partial charge in [-0.1, -0.05) is 41.4 Å². The van der Waals surface area contributed by atoms with Gasteiger partial charge in [0, 0.05) is 11.8 Å². The number of hydrogen-bond donors (Lipinski definition) is 1. The Balaban J connectivity index is 2.49. The smallest absolute Gasteiger partial charge is 0.319 e. The Morgan fingerprint density at radius 1 is 1.28 bits per heavy atom. The van der Waals surface area contributed by atoms with Crippen LogP contribution >= 0.6 is 23.2 Å². The second-order valence-corrected chi connectivity index (χ2v) is 4.39. The molecule has 0 amide bonds. The van der Waals surface area contributed by atoms with Crippen LogP contribution in [0, 0.1) is 5.92 Å². The first-order valence-corrected chi connectivity index (χ1v) is 5.74. The van der Waals surface area contributed by atoms with Crippen molar-refractivity contribution in [3.63, 3.8) is 0 Å². The number of aliphatic carboxylic acids is 1. The molecule has 0 bridgehead atoms. The standard InChI is InChI=1S/C12H7Cl2NO3/c13-8-4-2-1-3-6(8)10-9(14)11(16)7(5-15-10)12(17)18/h1-5,7H,(H,17,18). The highest BCUT2D eigenvalue weighted by Gasteiger charge is 2.32. The zero-order valence-electron chi connectivity index (χ0n) is 8.93. The van der Waals surface area contributed by atoms with Crippen LogP contribution in [-0.4, -0.2) is 23.1 Å². The molecule has 4 nitrogen and oxygen atoms in total. The average molecular weight is 284 g/mol. The number of benzene rings is 1. The summed E-state index contributed by atoms with van der Waals surface area (Å²) in [6.45, 7) is 0. The van der Waals surface area contributed by atoms with Gasteiger partial charge in [-0.25, -0.2) is 0 Å². The molecule has 1 unspecified atom stereocenters. The third kappa shape index (κ3) is 2.17. The van der Waals surface area contributed by atoms with Crippen LogP contribution in [0.15, 0.2) is 34.3 Å². The minimum Gasteiger partial charge on any atom is -0.480 e. The third-order valence-electron chi connectivity index (χ3n) is 2.45. The van der Waals surface area contributed by atoms with Crippen molar-refractivity contribution < 1.29 is 14.7 Å². The molecule has 1 N–H and O–H groups in total. The van der Waals surface area contributed by atoms with E-state index in [1.165, 1.54) is 0 Å². The van der Waals surface area contributed by atoms with Crippen molar-refractivity contribution in [3.8, 4) is 0 Å². The van der Waals surface area contributed by atoms with Crippen molar-refractivity contribution >= 4 is 46.9 Å². The van der Waals surface area contributed by atoms with Crippen LogP contribution in [0.2, 0.25) is 5.02 Å². The van der Waals surface area contributed by atoms with E-state index in [-0.39, 0.29) is 10.7 Å². The summed E-state index contributed by atoms with van der Waals surface area (Å²) in [7, 11) is 0. The molecule has 18 heavy (non-hydrogen) atoms. The first-order chi connectivity index (χ1) is 8.52. The number of carboxylic acid groups (broad SMARTS) is 1. The second kappa shape index (κ2) is 4.92. The van der Waals surface area contributed by atoms with Crippen molar-refractivity contribution in [1.82, 2.24) is 0 Å². The topological polar surface area (TPSA) is 66.7 Å². The van der Waals surface area contributed by atoms with E-state index < -0.39 is 17.7 Å². The Morgan fingerprint density at radius 3 is 2.56 bits per heavy atom. The Hall–Kier alpha value is -1.65. The number of carbonyl (C=O) groups is 2. The number of aliphatic imine (C=N–C) groups is 1. The van der Waals surface area contributed by atoms with Crippen molar-refractivity contribution in [2.75, 3.05) is 0 Å². The fourth-order valence-electron chi connectivity index (χ4n) is 1.54. The van der Waals surface area contributed by atoms with Gasteiger partial charge >= 0.3 is 5.97 Å². The van der Waals surface area contributed by atoms with E-state index in [4.69, 9.17) is 28.3 Å². The molecule has 1 aromatic rings. The molecule has 0 aromatic heterocycles. The van der Waals surface area contributed by atoms with E-state index >= 15 is 0 Å². The van der Waals surface area contributed by atoms with Crippen LogP contribution in [0.4, 0.5) is 0 Å². The van der Waals surface area contributed by atoms with Crippen LogP contribution in [0.5, 0.6) is 0 Å². The molecule has 1 heterocycles. The summed E-state index contributed by atoms with van der Waals surface area (Å²) in [6, 6.07) is 6.75. The zero-order chi connectivity index (χ0) is 13.3. The first kappa shape index (κ1) is 12.8. The summed E-state index contributed by atoms with van der Waals surface area (Å²) in [5.74, 6) is -3.29. The predicted molar refractivity (Wildman–Crippen MR) is 68.8 cm³/mol. The fourth-order valence-corrected chi connectivity index (χ4v) is 2.04. The van der Waals surface area contributed by atoms with E-state index in [9.17, 15) is 9.59 Å². The Morgan fingerprint density at radius 2 is 1.94 bits per heavy atom. The molecule has 0 saturated heterocycles. The van der Waals surface area contributed by atoms with Crippen LogP contribution in [0.25, 0.3) is 5.70 Å². The number of allylic oxidation sites excluding steroid dienone is 1. The molecule has 6 heteroatoms. The van der Waals surface area contributed by atoms with Crippen LogP contribution in [0.3, 0.4) is 0 Å². The number of hydrogen-bond acceptors (Lipinski definition) is 3. The van der Waals surface area contributed by atoms with Gasteiger partial charge in [-0.2, -0.15) is 0 Å². The van der Waals surface area contributed by atoms with Gasteiger partial charge in [-0.3, -0.25) is 14.6 Å². The fraction of sp³-hybridized carbons (Fsp3) is 0.0833. The number of rotatable bonds is 2. The van der Waals surface area contributed by atoms with Gasteiger partial charge in [-0.15, -0.1) is 0 Å². The lowest BCUT2D eigenvalue weighted by molar-refractivity contribution is -0.142. The van der Waals surface area contributed by atoms with Crippen LogP contribution in [-0.2, 0) is 9.59 Å². The van der Waals surface area contributed by atoms with E-state index in [1.807, 2.05) is 0 Å². The minimum atomic E-state index is -1.33. The molecular weight excluding hydrogens is 277 g/mol. The lowest BCUT2D eigenvalue weighted by atomic mass is 9.99. The van der Waals surface area contributed by atoms with Crippen LogP contribution in [0.1, 0.15) is 5.56 Å².